The van der Waals surface area contributed by atoms with Crippen molar-refractivity contribution in [3.8, 4) is 0 Å². The van der Waals surface area contributed by atoms with Crippen LogP contribution in [0.4, 0.5) is 5.69 Å². The minimum Gasteiger partial charge on any atom is -0.311 e. The molecule has 2 aliphatic rings. The van der Waals surface area contributed by atoms with Gasteiger partial charge in [-0.2, -0.15) is 0 Å². The van der Waals surface area contributed by atoms with E-state index in [2.05, 4.69) is 31.2 Å². The van der Waals surface area contributed by atoms with E-state index in [4.69, 9.17) is 0 Å². The zero-order valence-corrected chi connectivity index (χ0v) is 18.5. The number of aryl methyl sites for hydroxylation is 2. The van der Waals surface area contributed by atoms with E-state index >= 15 is 0 Å². The van der Waals surface area contributed by atoms with Crippen LogP contribution < -0.4 is 4.90 Å². The third-order valence-corrected chi connectivity index (χ3v) is 7.60. The molecular formula is C26H24N2O2S. The number of hydrogen-bond donors (Lipinski definition) is 0. The average molecular weight is 429 g/mol. The van der Waals surface area contributed by atoms with Crippen LogP contribution in [-0.4, -0.2) is 29.0 Å². The first kappa shape index (κ1) is 19.9. The molecule has 1 spiro atoms. The average Bonchev–Trinajstić information content (AvgIpc) is 3.32. The van der Waals surface area contributed by atoms with E-state index in [1.165, 1.54) is 5.56 Å². The molecule has 156 valence electrons. The van der Waals surface area contributed by atoms with Crippen molar-refractivity contribution in [1.82, 2.24) is 4.90 Å². The van der Waals surface area contributed by atoms with Gasteiger partial charge in [0.05, 0.1) is 12.2 Å². The van der Waals surface area contributed by atoms with Crippen LogP contribution in [0.25, 0.3) is 0 Å². The number of carbonyl (C=O) groups is 2. The van der Waals surface area contributed by atoms with Gasteiger partial charge in [-0.05, 0) is 37.1 Å². The summed E-state index contributed by atoms with van der Waals surface area (Å²) in [5.41, 5.74) is 5.66. The van der Waals surface area contributed by atoms with Crippen LogP contribution in [0.15, 0.2) is 72.8 Å². The Labute approximate surface area is 186 Å². The molecule has 5 heteroatoms. The minimum atomic E-state index is -0.999. The Kier molecular flexibility index (Phi) is 4.86. The first-order chi connectivity index (χ1) is 15.0. The van der Waals surface area contributed by atoms with Gasteiger partial charge < -0.3 is 9.80 Å². The van der Waals surface area contributed by atoms with Gasteiger partial charge in [-0.3, -0.25) is 9.59 Å². The van der Waals surface area contributed by atoms with Gasteiger partial charge in [0.2, 0.25) is 0 Å². The van der Waals surface area contributed by atoms with Crippen molar-refractivity contribution >= 4 is 29.3 Å². The van der Waals surface area contributed by atoms with Gasteiger partial charge in [-0.1, -0.05) is 66.2 Å². The van der Waals surface area contributed by atoms with Crippen molar-refractivity contribution in [1.29, 1.82) is 0 Å². The third kappa shape index (κ3) is 3.07. The fourth-order valence-electron chi connectivity index (χ4n) is 4.56. The molecule has 1 atom stereocenters. The fraction of sp³-hybridized carbons (Fsp3) is 0.231. The molecule has 1 unspecified atom stereocenters. The molecule has 5 rings (SSSR count). The number of benzene rings is 3. The van der Waals surface area contributed by atoms with Crippen LogP contribution in [-0.2, 0) is 16.2 Å². The molecule has 1 saturated heterocycles. The van der Waals surface area contributed by atoms with Gasteiger partial charge >= 0.3 is 0 Å². The minimum absolute atomic E-state index is 0.0290. The summed E-state index contributed by atoms with van der Waals surface area (Å²) in [6.07, 6.45) is 0. The molecule has 3 aromatic rings. The maximum atomic E-state index is 14.0. The summed E-state index contributed by atoms with van der Waals surface area (Å²) in [5, 5.41) is 0. The summed E-state index contributed by atoms with van der Waals surface area (Å²) < 4.78 is 0. The van der Waals surface area contributed by atoms with Crippen LogP contribution in [0.5, 0.6) is 0 Å². The predicted molar refractivity (Wildman–Crippen MR) is 125 cm³/mol. The standard InChI is InChI=1S/C26H24N2O2S/c1-18-11-13-20(14-12-18)17-27-23-10-6-5-9-22(23)26(25(27)30)28(15-16-31-26)24(29)21-8-4-3-7-19(21)2/h3-14H,15-17H2,1-2H3. The zero-order chi connectivity index (χ0) is 21.6. The number of amides is 2. The molecule has 2 amide bonds. The molecular weight excluding hydrogens is 404 g/mol. The summed E-state index contributed by atoms with van der Waals surface area (Å²) in [7, 11) is 0. The second-order valence-electron chi connectivity index (χ2n) is 8.16. The van der Waals surface area contributed by atoms with Crippen LogP contribution in [0.2, 0.25) is 0 Å². The predicted octanol–water partition coefficient (Wildman–Crippen LogP) is 4.89. The van der Waals surface area contributed by atoms with E-state index in [0.29, 0.717) is 18.7 Å². The number of para-hydroxylation sites is 1. The third-order valence-electron chi connectivity index (χ3n) is 6.18. The Bertz CT molecular complexity index is 1170. The molecule has 31 heavy (non-hydrogen) atoms. The van der Waals surface area contributed by atoms with Gasteiger partial charge in [-0.15, -0.1) is 11.8 Å². The Morgan fingerprint density at radius 3 is 2.45 bits per heavy atom. The Morgan fingerprint density at radius 1 is 0.968 bits per heavy atom. The SMILES string of the molecule is Cc1ccc(CN2C(=O)C3(SCCN3C(=O)c3ccccc3C)c3ccccc32)cc1. The Morgan fingerprint density at radius 2 is 1.68 bits per heavy atom. The molecule has 2 heterocycles. The van der Waals surface area contributed by atoms with Crippen LogP contribution in [0, 0.1) is 13.8 Å². The highest BCUT2D eigenvalue weighted by Crippen LogP contribution is 2.54. The number of carbonyl (C=O) groups excluding carboxylic acids is 2. The van der Waals surface area contributed by atoms with Crippen molar-refractivity contribution < 1.29 is 9.59 Å². The topological polar surface area (TPSA) is 40.6 Å². The largest absolute Gasteiger partial charge is 0.311 e. The number of thioether (sulfide) groups is 1. The lowest BCUT2D eigenvalue weighted by Gasteiger charge is -2.33. The highest BCUT2D eigenvalue weighted by Gasteiger charge is 2.59. The van der Waals surface area contributed by atoms with E-state index in [0.717, 1.165) is 28.1 Å². The van der Waals surface area contributed by atoms with Crippen molar-refractivity contribution in [2.45, 2.75) is 25.3 Å². The van der Waals surface area contributed by atoms with Gasteiger partial charge in [0, 0.05) is 23.4 Å². The maximum Gasteiger partial charge on any atom is 0.268 e. The maximum absolute atomic E-state index is 14.0. The summed E-state index contributed by atoms with van der Waals surface area (Å²) in [6.45, 7) is 5.04. The molecule has 2 aliphatic heterocycles. The number of fused-ring (bicyclic) bond motifs is 2. The molecule has 0 radical (unpaired) electrons. The molecule has 0 N–H and O–H groups in total. The van der Waals surface area contributed by atoms with E-state index in [1.54, 1.807) is 16.7 Å². The van der Waals surface area contributed by atoms with Crippen molar-refractivity contribution in [2.24, 2.45) is 0 Å². The quantitative estimate of drug-likeness (QED) is 0.596. The van der Waals surface area contributed by atoms with Crippen molar-refractivity contribution in [3.05, 3.63) is 101 Å². The lowest BCUT2D eigenvalue weighted by molar-refractivity contribution is -0.123. The second kappa shape index (κ2) is 7.57. The van der Waals surface area contributed by atoms with E-state index < -0.39 is 4.87 Å². The zero-order valence-electron chi connectivity index (χ0n) is 17.7. The van der Waals surface area contributed by atoms with Crippen LogP contribution >= 0.6 is 11.8 Å². The van der Waals surface area contributed by atoms with E-state index in [9.17, 15) is 9.59 Å². The van der Waals surface area contributed by atoms with Gasteiger partial charge in [0.1, 0.15) is 0 Å². The number of nitrogens with zero attached hydrogens (tertiary/aromatic N) is 2. The molecule has 3 aromatic carbocycles. The fourth-order valence-corrected chi connectivity index (χ4v) is 6.02. The first-order valence-corrected chi connectivity index (χ1v) is 11.5. The molecule has 1 fully saturated rings. The highest BCUT2D eigenvalue weighted by atomic mass is 32.2. The molecule has 0 saturated carbocycles. The highest BCUT2D eigenvalue weighted by molar-refractivity contribution is 8.01. The van der Waals surface area contributed by atoms with Crippen LogP contribution in [0.3, 0.4) is 0 Å². The molecule has 0 aromatic heterocycles. The second-order valence-corrected chi connectivity index (χ2v) is 9.45. The number of rotatable bonds is 3. The number of anilines is 1. The molecule has 0 bridgehead atoms. The van der Waals surface area contributed by atoms with E-state index in [1.807, 2.05) is 60.4 Å². The lowest BCUT2D eigenvalue weighted by Crippen LogP contribution is -2.50. The first-order valence-electron chi connectivity index (χ1n) is 10.5. The molecule has 0 aliphatic carbocycles. The summed E-state index contributed by atoms with van der Waals surface area (Å²) >= 11 is 1.57. The van der Waals surface area contributed by atoms with Crippen molar-refractivity contribution in [3.63, 3.8) is 0 Å². The summed E-state index contributed by atoms with van der Waals surface area (Å²) in [5.74, 6) is 0.623. The lowest BCUT2D eigenvalue weighted by atomic mass is 10.0. The van der Waals surface area contributed by atoms with E-state index in [-0.39, 0.29) is 11.8 Å². The Balaban J connectivity index is 1.58. The van der Waals surface area contributed by atoms with Crippen LogP contribution in [0.1, 0.15) is 32.6 Å². The van der Waals surface area contributed by atoms with Gasteiger partial charge in [0.25, 0.3) is 11.8 Å². The number of hydrogen-bond acceptors (Lipinski definition) is 3. The van der Waals surface area contributed by atoms with Gasteiger partial charge in [-0.25, -0.2) is 0 Å². The molecule has 4 nitrogen and oxygen atoms in total. The smallest absolute Gasteiger partial charge is 0.268 e. The van der Waals surface area contributed by atoms with Crippen molar-refractivity contribution in [2.75, 3.05) is 17.2 Å². The summed E-state index contributed by atoms with van der Waals surface area (Å²) in [6, 6.07) is 23.8. The summed E-state index contributed by atoms with van der Waals surface area (Å²) in [4.78, 5) is 30.3. The monoisotopic (exact) mass is 428 g/mol. The Hall–Kier alpha value is -3.05. The normalized spacial score (nSPS) is 19.9. The van der Waals surface area contributed by atoms with Gasteiger partial charge in [0.15, 0.2) is 4.87 Å².